The first kappa shape index (κ1) is 19.3. The van der Waals surface area contributed by atoms with Crippen molar-refractivity contribution >= 4 is 33.4 Å². The minimum Gasteiger partial charge on any atom is -0.394 e. The molecule has 2 heterocycles. The molecule has 0 radical (unpaired) electrons. The molecule has 0 aliphatic rings. The third-order valence-corrected chi connectivity index (χ3v) is 4.85. The number of rotatable bonds is 7. The van der Waals surface area contributed by atoms with Crippen LogP contribution >= 0.6 is 15.9 Å². The van der Waals surface area contributed by atoms with E-state index in [1.54, 1.807) is 12.4 Å². The molecule has 3 aromatic rings. The molecule has 0 fully saturated rings. The van der Waals surface area contributed by atoms with Crippen molar-refractivity contribution in [3.63, 3.8) is 0 Å². The highest BCUT2D eigenvalue weighted by Crippen LogP contribution is 2.27. The first-order valence-corrected chi connectivity index (χ1v) is 9.54. The van der Waals surface area contributed by atoms with Gasteiger partial charge < -0.3 is 15.7 Å². The zero-order valence-corrected chi connectivity index (χ0v) is 16.8. The maximum atomic E-state index is 9.64. The number of halogens is 1. The largest absolute Gasteiger partial charge is 0.394 e. The van der Waals surface area contributed by atoms with Gasteiger partial charge in [0.1, 0.15) is 5.82 Å². The average molecular weight is 428 g/mol. The summed E-state index contributed by atoms with van der Waals surface area (Å²) in [6, 6.07) is 13.4. The Morgan fingerprint density at radius 1 is 1.07 bits per heavy atom. The molecule has 0 aliphatic heterocycles. The van der Waals surface area contributed by atoms with E-state index in [4.69, 9.17) is 0 Å². The number of aliphatic hydroxyl groups excluding tert-OH is 1. The Kier molecular flexibility index (Phi) is 6.36. The topological polar surface area (TPSA) is 83.0 Å². The summed E-state index contributed by atoms with van der Waals surface area (Å²) >= 11 is 3.54. The molecule has 140 valence electrons. The predicted molar refractivity (Wildman–Crippen MR) is 112 cm³/mol. The van der Waals surface area contributed by atoms with Crippen molar-refractivity contribution < 1.29 is 5.11 Å². The van der Waals surface area contributed by atoms with E-state index in [1.165, 1.54) is 0 Å². The lowest BCUT2D eigenvalue weighted by Gasteiger charge is -2.21. The molecular formula is C20H22BrN5O. The molecule has 27 heavy (non-hydrogen) atoms. The molecular weight excluding hydrogens is 406 g/mol. The van der Waals surface area contributed by atoms with Gasteiger partial charge in [-0.3, -0.25) is 4.98 Å². The molecule has 1 atom stereocenters. The van der Waals surface area contributed by atoms with Crippen LogP contribution in [0.15, 0.2) is 59.3 Å². The Labute approximate surface area is 167 Å². The van der Waals surface area contributed by atoms with Gasteiger partial charge >= 0.3 is 0 Å². The molecule has 0 spiro atoms. The summed E-state index contributed by atoms with van der Waals surface area (Å²) < 4.78 is 0.944. The van der Waals surface area contributed by atoms with Crippen LogP contribution in [0.2, 0.25) is 0 Å². The number of hydrogen-bond acceptors (Lipinski definition) is 6. The van der Waals surface area contributed by atoms with Gasteiger partial charge in [-0.1, -0.05) is 26.0 Å². The van der Waals surface area contributed by atoms with Crippen molar-refractivity contribution in [2.45, 2.75) is 19.9 Å². The molecule has 0 unspecified atom stereocenters. The molecule has 0 saturated carbocycles. The molecule has 6 nitrogen and oxygen atoms in total. The van der Waals surface area contributed by atoms with Crippen molar-refractivity contribution in [1.29, 1.82) is 0 Å². The van der Waals surface area contributed by atoms with Crippen LogP contribution in [0, 0.1) is 5.92 Å². The van der Waals surface area contributed by atoms with Gasteiger partial charge in [-0.05, 0) is 46.1 Å². The number of anilines is 3. The normalized spacial score (nSPS) is 12.0. The van der Waals surface area contributed by atoms with Crippen LogP contribution in [0.25, 0.3) is 11.3 Å². The fourth-order valence-corrected chi connectivity index (χ4v) is 2.92. The van der Waals surface area contributed by atoms with Gasteiger partial charge in [-0.2, -0.15) is 4.98 Å². The monoisotopic (exact) mass is 427 g/mol. The van der Waals surface area contributed by atoms with Crippen LogP contribution in [0.5, 0.6) is 0 Å². The smallest absolute Gasteiger partial charge is 0.225 e. The van der Waals surface area contributed by atoms with Gasteiger partial charge in [0.25, 0.3) is 0 Å². The molecule has 7 heteroatoms. The molecule has 0 aliphatic carbocycles. The standard InChI is InChI=1S/C20H22BrN5O/c1-13(2)18(12-27)25-20-24-17(14-7-9-22-10-8-14)11-19(26-20)23-16-6-4-3-5-15(16)21/h3-11,13,18,27H,12H2,1-2H3,(H2,23,24,25,26)/t18-/m1/s1. The van der Waals surface area contributed by atoms with Crippen molar-refractivity contribution in [3.8, 4) is 11.3 Å². The fraction of sp³-hybridized carbons (Fsp3) is 0.250. The summed E-state index contributed by atoms with van der Waals surface area (Å²) in [5, 5.41) is 16.2. The zero-order valence-electron chi connectivity index (χ0n) is 15.2. The van der Waals surface area contributed by atoms with Gasteiger partial charge in [0.2, 0.25) is 5.95 Å². The third-order valence-electron chi connectivity index (χ3n) is 4.15. The van der Waals surface area contributed by atoms with Crippen molar-refractivity contribution in [2.75, 3.05) is 17.2 Å². The average Bonchev–Trinajstić information content (AvgIpc) is 2.68. The molecule has 2 aromatic heterocycles. The maximum Gasteiger partial charge on any atom is 0.225 e. The van der Waals surface area contributed by atoms with E-state index in [-0.39, 0.29) is 18.6 Å². The second kappa shape index (κ2) is 8.92. The number of hydrogen-bond donors (Lipinski definition) is 3. The lowest BCUT2D eigenvalue weighted by atomic mass is 10.1. The van der Waals surface area contributed by atoms with E-state index in [1.807, 2.05) is 56.3 Å². The summed E-state index contributed by atoms with van der Waals surface area (Å²) in [4.78, 5) is 13.3. The molecule has 3 N–H and O–H groups in total. The quantitative estimate of drug-likeness (QED) is 0.515. The Bertz CT molecular complexity index is 889. The Morgan fingerprint density at radius 3 is 2.48 bits per heavy atom. The van der Waals surface area contributed by atoms with Gasteiger partial charge in [-0.25, -0.2) is 4.98 Å². The number of benzene rings is 1. The zero-order chi connectivity index (χ0) is 19.2. The first-order valence-electron chi connectivity index (χ1n) is 8.75. The molecule has 3 rings (SSSR count). The fourth-order valence-electron chi connectivity index (χ4n) is 2.54. The number of nitrogens with zero attached hydrogens (tertiary/aromatic N) is 3. The van der Waals surface area contributed by atoms with Crippen LogP contribution < -0.4 is 10.6 Å². The highest BCUT2D eigenvalue weighted by atomic mass is 79.9. The van der Waals surface area contributed by atoms with Gasteiger partial charge in [0, 0.05) is 28.5 Å². The van der Waals surface area contributed by atoms with Crippen molar-refractivity contribution in [1.82, 2.24) is 15.0 Å². The summed E-state index contributed by atoms with van der Waals surface area (Å²) in [5.41, 5.74) is 2.62. The SMILES string of the molecule is CC(C)[C@@H](CO)Nc1nc(Nc2ccccc2Br)cc(-c2ccncc2)n1. The number of nitrogens with one attached hydrogen (secondary N) is 2. The number of para-hydroxylation sites is 1. The summed E-state index contributed by atoms with van der Waals surface area (Å²) in [6.45, 7) is 4.09. The Hall–Kier alpha value is -2.51. The van der Waals surface area contributed by atoms with Crippen LogP contribution in [0.3, 0.4) is 0 Å². The van der Waals surface area contributed by atoms with E-state index in [9.17, 15) is 5.11 Å². The van der Waals surface area contributed by atoms with E-state index in [0.717, 1.165) is 21.4 Å². The van der Waals surface area contributed by atoms with Crippen LogP contribution in [-0.2, 0) is 0 Å². The van der Waals surface area contributed by atoms with E-state index in [0.29, 0.717) is 11.8 Å². The van der Waals surface area contributed by atoms with Crippen molar-refractivity contribution in [3.05, 3.63) is 59.3 Å². The van der Waals surface area contributed by atoms with Gasteiger partial charge in [-0.15, -0.1) is 0 Å². The number of aliphatic hydroxyl groups is 1. The number of pyridine rings is 1. The molecule has 0 saturated heterocycles. The van der Waals surface area contributed by atoms with Crippen LogP contribution in [0.4, 0.5) is 17.5 Å². The summed E-state index contributed by atoms with van der Waals surface area (Å²) in [5.74, 6) is 1.36. The Morgan fingerprint density at radius 2 is 1.81 bits per heavy atom. The lowest BCUT2D eigenvalue weighted by Crippen LogP contribution is -2.30. The van der Waals surface area contributed by atoms with Crippen LogP contribution in [0.1, 0.15) is 13.8 Å². The molecule has 0 bridgehead atoms. The second-order valence-corrected chi connectivity index (χ2v) is 7.33. The van der Waals surface area contributed by atoms with E-state index in [2.05, 4.69) is 41.5 Å². The third kappa shape index (κ3) is 5.02. The first-order chi connectivity index (χ1) is 13.1. The highest BCUT2D eigenvalue weighted by Gasteiger charge is 2.15. The highest BCUT2D eigenvalue weighted by molar-refractivity contribution is 9.10. The van der Waals surface area contributed by atoms with E-state index < -0.39 is 0 Å². The molecule has 1 aromatic carbocycles. The van der Waals surface area contributed by atoms with Gasteiger partial charge in [0.15, 0.2) is 0 Å². The number of aromatic nitrogens is 3. The van der Waals surface area contributed by atoms with Crippen molar-refractivity contribution in [2.24, 2.45) is 5.92 Å². The van der Waals surface area contributed by atoms with E-state index >= 15 is 0 Å². The Balaban J connectivity index is 1.99. The minimum absolute atomic E-state index is 0.00745. The molecule has 0 amide bonds. The maximum absolute atomic E-state index is 9.64. The van der Waals surface area contributed by atoms with Gasteiger partial charge in [0.05, 0.1) is 24.0 Å². The lowest BCUT2D eigenvalue weighted by molar-refractivity contribution is 0.248. The minimum atomic E-state index is -0.131. The summed E-state index contributed by atoms with van der Waals surface area (Å²) in [7, 11) is 0. The predicted octanol–water partition coefficient (Wildman–Crippen LogP) is 4.47. The summed E-state index contributed by atoms with van der Waals surface area (Å²) in [6.07, 6.45) is 3.46. The van der Waals surface area contributed by atoms with Crippen LogP contribution in [-0.4, -0.2) is 32.7 Å². The second-order valence-electron chi connectivity index (χ2n) is 6.48.